The van der Waals surface area contributed by atoms with Gasteiger partial charge < -0.3 is 10.0 Å². The van der Waals surface area contributed by atoms with Crippen LogP contribution in [0.4, 0.5) is 0 Å². The Bertz CT molecular complexity index is 685. The molecule has 2 aromatic rings. The van der Waals surface area contributed by atoms with Crippen molar-refractivity contribution in [1.29, 1.82) is 0 Å². The third-order valence-electron chi connectivity index (χ3n) is 4.70. The summed E-state index contributed by atoms with van der Waals surface area (Å²) >= 11 is 1.62. The first-order valence-corrected chi connectivity index (χ1v) is 8.19. The average Bonchev–Trinajstić information content (AvgIpc) is 3.08. The van der Waals surface area contributed by atoms with Crippen molar-refractivity contribution in [2.24, 2.45) is 12.5 Å². The smallest absolute Gasteiger partial charge is 0.274 e. The highest BCUT2D eigenvalue weighted by molar-refractivity contribution is 7.13. The fourth-order valence-corrected chi connectivity index (χ4v) is 3.59. The predicted octanol–water partition coefficient (Wildman–Crippen LogP) is 2.38. The van der Waals surface area contributed by atoms with Gasteiger partial charge in [0.2, 0.25) is 0 Å². The summed E-state index contributed by atoms with van der Waals surface area (Å²) in [5.41, 5.74) is 0.158. The minimum Gasteiger partial charge on any atom is -0.388 e. The molecule has 1 aliphatic rings. The highest BCUT2D eigenvalue weighted by Gasteiger charge is 2.49. The molecule has 0 radical (unpaired) electrons. The fraction of sp³-hybridized carbons (Fsp3) is 0.500. The summed E-state index contributed by atoms with van der Waals surface area (Å²) in [4.78, 5) is 15.5. The zero-order valence-electron chi connectivity index (χ0n) is 13.3. The molecular weight excluding hydrogens is 298 g/mol. The van der Waals surface area contributed by atoms with Crippen LogP contribution in [0.5, 0.6) is 0 Å². The molecule has 0 saturated carbocycles. The second-order valence-corrected chi connectivity index (χ2v) is 7.78. The van der Waals surface area contributed by atoms with E-state index < -0.39 is 5.60 Å². The van der Waals surface area contributed by atoms with Crippen LogP contribution in [0, 0.1) is 5.41 Å². The largest absolute Gasteiger partial charge is 0.388 e. The molecule has 22 heavy (non-hydrogen) atoms. The summed E-state index contributed by atoms with van der Waals surface area (Å²) in [7, 11) is 1.84. The van der Waals surface area contributed by atoms with Gasteiger partial charge in [0, 0.05) is 19.0 Å². The molecule has 6 heteroatoms. The van der Waals surface area contributed by atoms with Gasteiger partial charge in [-0.15, -0.1) is 11.3 Å². The van der Waals surface area contributed by atoms with Crippen molar-refractivity contribution < 1.29 is 9.90 Å². The fourth-order valence-electron chi connectivity index (χ4n) is 2.82. The number of nitrogens with zero attached hydrogens (tertiary/aromatic N) is 3. The van der Waals surface area contributed by atoms with Crippen molar-refractivity contribution in [3.63, 3.8) is 0 Å². The molecule has 1 amide bonds. The van der Waals surface area contributed by atoms with E-state index in [1.807, 2.05) is 44.5 Å². The molecule has 0 spiro atoms. The van der Waals surface area contributed by atoms with Crippen LogP contribution in [0.25, 0.3) is 10.6 Å². The third kappa shape index (κ3) is 2.36. The van der Waals surface area contributed by atoms with Gasteiger partial charge in [-0.05, 0) is 24.4 Å². The number of carbonyl (C=O) groups is 1. The molecule has 3 heterocycles. The Labute approximate surface area is 134 Å². The van der Waals surface area contributed by atoms with Crippen molar-refractivity contribution in [2.45, 2.75) is 26.4 Å². The number of amides is 1. The van der Waals surface area contributed by atoms with Crippen molar-refractivity contribution >= 4 is 17.2 Å². The summed E-state index contributed by atoms with van der Waals surface area (Å²) in [5.74, 6) is -0.121. The number of hydrogen-bond acceptors (Lipinski definition) is 4. The third-order valence-corrected chi connectivity index (χ3v) is 5.60. The van der Waals surface area contributed by atoms with Gasteiger partial charge in [0.1, 0.15) is 0 Å². The van der Waals surface area contributed by atoms with Crippen LogP contribution in [0.15, 0.2) is 23.6 Å². The van der Waals surface area contributed by atoms with Crippen LogP contribution < -0.4 is 0 Å². The number of likely N-dealkylation sites (tertiary alicyclic amines) is 1. The van der Waals surface area contributed by atoms with Crippen LogP contribution >= 0.6 is 11.3 Å². The van der Waals surface area contributed by atoms with E-state index in [0.29, 0.717) is 18.8 Å². The van der Waals surface area contributed by atoms with E-state index in [1.54, 1.807) is 27.8 Å². The van der Waals surface area contributed by atoms with Gasteiger partial charge in [0.15, 0.2) is 5.69 Å². The lowest BCUT2D eigenvalue weighted by Crippen LogP contribution is -2.40. The Kier molecular flexibility index (Phi) is 3.41. The van der Waals surface area contributed by atoms with Crippen LogP contribution in [-0.2, 0) is 7.05 Å². The summed E-state index contributed by atoms with van der Waals surface area (Å²) in [5, 5.41) is 16.8. The summed E-state index contributed by atoms with van der Waals surface area (Å²) in [6.45, 7) is 6.62. The Balaban J connectivity index is 1.87. The van der Waals surface area contributed by atoms with Crippen molar-refractivity contribution in [3.8, 4) is 10.6 Å². The second kappa shape index (κ2) is 4.93. The molecule has 0 aliphatic carbocycles. The number of thiophene rings is 1. The number of β-amino-alcohol motifs (C(OH)–C–C–N with tert-alkyl or cyclic N) is 1. The quantitative estimate of drug-likeness (QED) is 0.924. The maximum Gasteiger partial charge on any atom is 0.274 e. The van der Waals surface area contributed by atoms with E-state index in [9.17, 15) is 9.90 Å². The van der Waals surface area contributed by atoms with Crippen LogP contribution in [0.3, 0.4) is 0 Å². The van der Waals surface area contributed by atoms with Gasteiger partial charge >= 0.3 is 0 Å². The van der Waals surface area contributed by atoms with E-state index in [4.69, 9.17) is 0 Å². The molecule has 1 atom stereocenters. The monoisotopic (exact) mass is 319 g/mol. The normalized spacial score (nSPS) is 24.0. The summed E-state index contributed by atoms with van der Waals surface area (Å²) < 4.78 is 1.73. The molecule has 5 nitrogen and oxygen atoms in total. The minimum atomic E-state index is -0.881. The Morgan fingerprint density at radius 3 is 2.64 bits per heavy atom. The Morgan fingerprint density at radius 2 is 2.09 bits per heavy atom. The second-order valence-electron chi connectivity index (χ2n) is 6.83. The van der Waals surface area contributed by atoms with E-state index >= 15 is 0 Å². The summed E-state index contributed by atoms with van der Waals surface area (Å²) in [6.07, 6.45) is 0. The standard InChI is InChI=1S/C16H21N3O2S/c1-15(2)9-19(10-16(15,3)21)14(20)11-8-12(18(4)17-11)13-6-5-7-22-13/h5-8,21H,9-10H2,1-4H3/t16-/m1/s1. The van der Waals surface area contributed by atoms with Gasteiger partial charge in [-0.2, -0.15) is 5.10 Å². The average molecular weight is 319 g/mol. The van der Waals surface area contributed by atoms with Gasteiger partial charge in [0.25, 0.3) is 5.91 Å². The highest BCUT2D eigenvalue weighted by atomic mass is 32.1. The number of hydrogen-bond donors (Lipinski definition) is 1. The zero-order chi connectivity index (χ0) is 16.1. The lowest BCUT2D eigenvalue weighted by molar-refractivity contribution is -0.0108. The lowest BCUT2D eigenvalue weighted by Gasteiger charge is -2.30. The van der Waals surface area contributed by atoms with E-state index in [-0.39, 0.29) is 11.3 Å². The SMILES string of the molecule is Cn1nc(C(=O)N2CC(C)(C)[C@](C)(O)C2)cc1-c1cccs1. The molecule has 118 valence electrons. The molecule has 2 aromatic heterocycles. The number of rotatable bonds is 2. The van der Waals surface area contributed by atoms with Gasteiger partial charge in [-0.1, -0.05) is 19.9 Å². The topological polar surface area (TPSA) is 58.4 Å². The van der Waals surface area contributed by atoms with Crippen molar-refractivity contribution in [1.82, 2.24) is 14.7 Å². The molecule has 0 unspecified atom stereocenters. The zero-order valence-corrected chi connectivity index (χ0v) is 14.1. The van der Waals surface area contributed by atoms with Crippen molar-refractivity contribution in [3.05, 3.63) is 29.3 Å². The molecule has 1 aliphatic heterocycles. The Hall–Kier alpha value is -1.66. The van der Waals surface area contributed by atoms with Crippen LogP contribution in [-0.4, -0.2) is 44.4 Å². The Morgan fingerprint density at radius 1 is 1.36 bits per heavy atom. The molecule has 1 fully saturated rings. The number of aryl methyl sites for hydroxylation is 1. The maximum absolute atomic E-state index is 12.7. The van der Waals surface area contributed by atoms with Gasteiger partial charge in [-0.3, -0.25) is 9.48 Å². The number of carbonyl (C=O) groups excluding carboxylic acids is 1. The van der Waals surface area contributed by atoms with E-state index in [1.165, 1.54) is 0 Å². The van der Waals surface area contributed by atoms with E-state index in [0.717, 1.165) is 10.6 Å². The van der Waals surface area contributed by atoms with Crippen molar-refractivity contribution in [2.75, 3.05) is 13.1 Å². The molecule has 0 aromatic carbocycles. The maximum atomic E-state index is 12.7. The first-order chi connectivity index (χ1) is 10.2. The molecule has 1 saturated heterocycles. The van der Waals surface area contributed by atoms with Crippen LogP contribution in [0.2, 0.25) is 0 Å². The molecule has 0 bridgehead atoms. The first-order valence-electron chi connectivity index (χ1n) is 7.31. The molecule has 1 N–H and O–H groups in total. The van der Waals surface area contributed by atoms with Gasteiger partial charge in [-0.25, -0.2) is 0 Å². The van der Waals surface area contributed by atoms with Gasteiger partial charge in [0.05, 0.1) is 22.7 Å². The molecular formula is C16H21N3O2S. The molecule has 3 rings (SSSR count). The highest BCUT2D eigenvalue weighted by Crippen LogP contribution is 2.39. The predicted molar refractivity (Wildman–Crippen MR) is 86.8 cm³/mol. The number of aliphatic hydroxyl groups is 1. The lowest BCUT2D eigenvalue weighted by atomic mass is 9.79. The minimum absolute atomic E-state index is 0.121. The van der Waals surface area contributed by atoms with Crippen LogP contribution in [0.1, 0.15) is 31.3 Å². The first kappa shape index (κ1) is 15.2. The summed E-state index contributed by atoms with van der Waals surface area (Å²) in [6, 6.07) is 5.82. The number of aromatic nitrogens is 2. The van der Waals surface area contributed by atoms with E-state index in [2.05, 4.69) is 5.10 Å².